The topological polar surface area (TPSA) is 77.5 Å². The van der Waals surface area contributed by atoms with Crippen LogP contribution in [0.4, 0.5) is 0 Å². The first-order chi connectivity index (χ1) is 18.4. The maximum absolute atomic E-state index is 12.5. The van der Waals surface area contributed by atoms with E-state index in [2.05, 4.69) is 24.9 Å². The van der Waals surface area contributed by atoms with Crippen LogP contribution in [-0.2, 0) is 25.1 Å². The molecule has 0 saturated heterocycles. The highest BCUT2D eigenvalue weighted by atomic mass is 32.2. The molecule has 1 aliphatic rings. The third kappa shape index (κ3) is 15.5. The number of hydrogen-bond acceptors (Lipinski definition) is 7. The van der Waals surface area contributed by atoms with Gasteiger partial charge in [-0.25, -0.2) is 4.57 Å². The number of methoxy groups -OCH3 is 1. The second-order valence-corrected chi connectivity index (χ2v) is 12.7. The highest BCUT2D eigenvalue weighted by molar-refractivity contribution is 8.03. The first-order valence-electron chi connectivity index (χ1n) is 14.3. The van der Waals surface area contributed by atoms with Gasteiger partial charge in [0.2, 0.25) is 0 Å². The molecule has 2 atom stereocenters. The predicted molar refractivity (Wildman–Crippen MR) is 157 cm³/mol. The quantitative estimate of drug-likeness (QED) is 0.104. The summed E-state index contributed by atoms with van der Waals surface area (Å²) in [6, 6.07) is 7.20. The minimum Gasteiger partial charge on any atom is -0.404 e. The minimum atomic E-state index is -4.29. The summed E-state index contributed by atoms with van der Waals surface area (Å²) in [7, 11) is -2.74. The zero-order chi connectivity index (χ0) is 27.5. The lowest BCUT2D eigenvalue weighted by atomic mass is 10.1. The third-order valence-corrected chi connectivity index (χ3v) is 8.47. The number of ether oxygens (including phenoxy) is 2. The number of phosphoric ester groups is 1. The molecule has 0 aromatic heterocycles. The second-order valence-electron chi connectivity index (χ2n) is 10.1. The molecule has 218 valence electrons. The van der Waals surface area contributed by atoms with Crippen LogP contribution in [0.3, 0.4) is 0 Å². The summed E-state index contributed by atoms with van der Waals surface area (Å²) >= 11 is 1.79. The maximum Gasteiger partial charge on any atom is 0.527 e. The van der Waals surface area contributed by atoms with Gasteiger partial charge < -0.3 is 18.9 Å². The van der Waals surface area contributed by atoms with Gasteiger partial charge in [-0.1, -0.05) is 89.7 Å². The maximum atomic E-state index is 12.5. The summed E-state index contributed by atoms with van der Waals surface area (Å²) in [5.74, 6) is 1.20. The fourth-order valence-corrected chi connectivity index (χ4v) is 5.87. The predicted octanol–water partition coefficient (Wildman–Crippen LogP) is 8.28. The molecule has 1 heterocycles. The summed E-state index contributed by atoms with van der Waals surface area (Å²) in [6.45, 7) is 5.93. The van der Waals surface area contributed by atoms with Crippen LogP contribution < -0.4 is 4.52 Å². The van der Waals surface area contributed by atoms with Crippen LogP contribution >= 0.6 is 19.6 Å². The molecule has 0 aliphatic carbocycles. The van der Waals surface area contributed by atoms with Crippen molar-refractivity contribution in [1.29, 1.82) is 0 Å². The summed E-state index contributed by atoms with van der Waals surface area (Å²) in [5, 5.41) is 0. The SMILES string of the molecule is CCCCCCCCCCCCCCOCC(COP(=O)(O)Oc1cccc(CN2C=C(C)SC2)c1)OC. The number of unbranched alkanes of at least 4 members (excludes halogenated alkanes) is 11. The van der Waals surface area contributed by atoms with Crippen molar-refractivity contribution < 1.29 is 28.0 Å². The lowest BCUT2D eigenvalue weighted by Gasteiger charge is -2.19. The van der Waals surface area contributed by atoms with Gasteiger partial charge in [0.15, 0.2) is 0 Å². The molecule has 1 aliphatic heterocycles. The van der Waals surface area contributed by atoms with Crippen LogP contribution in [0.2, 0.25) is 0 Å². The summed E-state index contributed by atoms with van der Waals surface area (Å²) in [5.41, 5.74) is 0.995. The Labute approximate surface area is 235 Å². The number of hydrogen-bond donors (Lipinski definition) is 1. The van der Waals surface area contributed by atoms with Gasteiger partial charge in [0.05, 0.1) is 19.1 Å². The van der Waals surface area contributed by atoms with E-state index in [9.17, 15) is 9.46 Å². The van der Waals surface area contributed by atoms with E-state index in [1.54, 1.807) is 31.0 Å². The van der Waals surface area contributed by atoms with Crippen molar-refractivity contribution >= 4 is 19.6 Å². The molecule has 2 rings (SSSR count). The molecule has 0 saturated carbocycles. The van der Waals surface area contributed by atoms with Gasteiger partial charge >= 0.3 is 7.82 Å². The summed E-state index contributed by atoms with van der Waals surface area (Å²) < 4.78 is 34.1. The number of rotatable bonds is 23. The second kappa shape index (κ2) is 19.9. The van der Waals surface area contributed by atoms with Crippen LogP contribution in [-0.4, -0.2) is 48.7 Å². The molecule has 2 unspecified atom stereocenters. The largest absolute Gasteiger partial charge is 0.527 e. The standard InChI is InChI=1S/C29H50NO6PS/c1-4-5-6-7-8-9-10-11-12-13-14-15-19-34-23-29(33-3)24-35-37(31,32)36-28-18-16-17-27(20-28)22-30-21-26(2)38-25-30/h16-18,20-21,29H,4-15,19,22-25H2,1-3H3,(H,31,32). The van der Waals surface area contributed by atoms with Gasteiger partial charge in [0, 0.05) is 26.5 Å². The van der Waals surface area contributed by atoms with E-state index >= 15 is 0 Å². The van der Waals surface area contributed by atoms with Crippen molar-refractivity contribution in [3.05, 3.63) is 40.9 Å². The van der Waals surface area contributed by atoms with E-state index in [1.165, 1.54) is 69.1 Å². The van der Waals surface area contributed by atoms with Crippen molar-refractivity contribution in [2.45, 2.75) is 104 Å². The van der Waals surface area contributed by atoms with Gasteiger partial charge in [0.1, 0.15) is 11.9 Å². The molecule has 0 radical (unpaired) electrons. The van der Waals surface area contributed by atoms with E-state index in [0.29, 0.717) is 25.5 Å². The van der Waals surface area contributed by atoms with Gasteiger partial charge in [-0.05, 0) is 35.9 Å². The van der Waals surface area contributed by atoms with Crippen molar-refractivity contribution in [3.63, 3.8) is 0 Å². The first kappa shape index (κ1) is 33.2. The normalized spacial score (nSPS) is 15.9. The lowest BCUT2D eigenvalue weighted by molar-refractivity contribution is -0.0197. The Morgan fingerprint density at radius 1 is 1.00 bits per heavy atom. The number of thioether (sulfide) groups is 1. The van der Waals surface area contributed by atoms with Crippen molar-refractivity contribution in [1.82, 2.24) is 4.90 Å². The first-order valence-corrected chi connectivity index (χ1v) is 16.8. The van der Waals surface area contributed by atoms with Crippen LogP contribution in [0.1, 0.15) is 96.5 Å². The Bertz CT molecular complexity index is 839. The van der Waals surface area contributed by atoms with E-state index in [4.69, 9.17) is 18.5 Å². The van der Waals surface area contributed by atoms with E-state index in [-0.39, 0.29) is 6.61 Å². The van der Waals surface area contributed by atoms with Crippen LogP contribution in [0.25, 0.3) is 0 Å². The zero-order valence-electron chi connectivity index (χ0n) is 23.8. The van der Waals surface area contributed by atoms with Crippen molar-refractivity contribution in [3.8, 4) is 5.75 Å². The van der Waals surface area contributed by atoms with Gasteiger partial charge in [-0.2, -0.15) is 0 Å². The monoisotopic (exact) mass is 571 g/mol. The molecule has 1 N–H and O–H groups in total. The van der Waals surface area contributed by atoms with Crippen LogP contribution in [0.5, 0.6) is 5.75 Å². The molecule has 0 amide bonds. The Morgan fingerprint density at radius 3 is 2.26 bits per heavy atom. The van der Waals surface area contributed by atoms with Crippen LogP contribution in [0, 0.1) is 0 Å². The molecule has 0 fully saturated rings. The Kier molecular flexibility index (Phi) is 17.4. The number of nitrogens with zero attached hydrogens (tertiary/aromatic N) is 1. The Morgan fingerprint density at radius 2 is 1.66 bits per heavy atom. The molecule has 0 spiro atoms. The fourth-order valence-electron chi connectivity index (χ4n) is 4.32. The minimum absolute atomic E-state index is 0.0858. The highest BCUT2D eigenvalue weighted by Crippen LogP contribution is 2.44. The highest BCUT2D eigenvalue weighted by Gasteiger charge is 2.25. The van der Waals surface area contributed by atoms with E-state index < -0.39 is 13.9 Å². The van der Waals surface area contributed by atoms with Gasteiger partial charge in [-0.3, -0.25) is 9.42 Å². The zero-order valence-corrected chi connectivity index (χ0v) is 25.5. The molecular weight excluding hydrogens is 521 g/mol. The molecule has 1 aromatic carbocycles. The molecule has 38 heavy (non-hydrogen) atoms. The molecule has 1 aromatic rings. The molecule has 9 heteroatoms. The van der Waals surface area contributed by atoms with Gasteiger partial charge in [-0.15, -0.1) is 11.8 Å². The molecule has 0 bridgehead atoms. The van der Waals surface area contributed by atoms with Gasteiger partial charge in [0.25, 0.3) is 0 Å². The summed E-state index contributed by atoms with van der Waals surface area (Å²) in [4.78, 5) is 13.7. The number of benzene rings is 1. The molecule has 7 nitrogen and oxygen atoms in total. The third-order valence-electron chi connectivity index (χ3n) is 6.53. The van der Waals surface area contributed by atoms with E-state index in [0.717, 1.165) is 24.3 Å². The van der Waals surface area contributed by atoms with Crippen molar-refractivity contribution in [2.75, 3.05) is 32.8 Å². The smallest absolute Gasteiger partial charge is 0.404 e. The van der Waals surface area contributed by atoms with E-state index in [1.807, 2.05) is 12.1 Å². The average Bonchev–Trinajstić information content (AvgIpc) is 3.30. The lowest BCUT2D eigenvalue weighted by Crippen LogP contribution is -2.24. The Balaban J connectivity index is 1.53. The fraction of sp³-hybridized carbons (Fsp3) is 0.724. The van der Waals surface area contributed by atoms with Crippen LogP contribution in [0.15, 0.2) is 35.4 Å². The molecular formula is C29H50NO6PS. The Hall–Kier alpha value is -1.02. The number of phosphoric acid groups is 1. The summed E-state index contributed by atoms with van der Waals surface area (Å²) in [6.07, 6.45) is 17.3. The average molecular weight is 572 g/mol. The number of allylic oxidation sites excluding steroid dienone is 1. The van der Waals surface area contributed by atoms with Crippen molar-refractivity contribution in [2.24, 2.45) is 0 Å².